The number of ether oxygens (including phenoxy) is 1. The lowest BCUT2D eigenvalue weighted by molar-refractivity contribution is -0.123. The van der Waals surface area contributed by atoms with Gasteiger partial charge < -0.3 is 21.4 Å². The lowest BCUT2D eigenvalue weighted by Gasteiger charge is -2.30. The van der Waals surface area contributed by atoms with Crippen LogP contribution in [0.3, 0.4) is 0 Å². The molecule has 4 rings (SSSR count). The van der Waals surface area contributed by atoms with Crippen molar-refractivity contribution < 1.29 is 19.4 Å². The summed E-state index contributed by atoms with van der Waals surface area (Å²) in [5.74, 6) is 5.55. The van der Waals surface area contributed by atoms with Crippen LogP contribution in [0.4, 0.5) is 0 Å². The van der Waals surface area contributed by atoms with Crippen LogP contribution in [0, 0.1) is 5.92 Å². The number of primary amides is 1. The first-order chi connectivity index (χ1) is 16.9. The van der Waals surface area contributed by atoms with Gasteiger partial charge in [-0.1, -0.05) is 35.9 Å². The Balaban J connectivity index is 1.52. The maximum absolute atomic E-state index is 13.2. The zero-order valence-electron chi connectivity index (χ0n) is 19.1. The van der Waals surface area contributed by atoms with Gasteiger partial charge in [0.1, 0.15) is 23.8 Å². The van der Waals surface area contributed by atoms with Crippen molar-refractivity contribution in [3.63, 3.8) is 0 Å². The number of carbonyl (C=O) groups is 2. The molecule has 0 radical (unpaired) electrons. The number of phenols is 1. The Labute approximate surface area is 208 Å². The second-order valence-corrected chi connectivity index (χ2v) is 8.90. The highest BCUT2D eigenvalue weighted by atomic mass is 35.5. The van der Waals surface area contributed by atoms with Crippen molar-refractivity contribution >= 4 is 39.8 Å². The van der Waals surface area contributed by atoms with E-state index in [1.165, 1.54) is 18.2 Å². The summed E-state index contributed by atoms with van der Waals surface area (Å²) in [4.78, 5) is 26.8. The van der Waals surface area contributed by atoms with E-state index in [1.54, 1.807) is 12.1 Å². The van der Waals surface area contributed by atoms with Gasteiger partial charge in [0.15, 0.2) is 0 Å². The highest BCUT2D eigenvalue weighted by Gasteiger charge is 2.23. The average molecular weight is 495 g/mol. The minimum Gasteiger partial charge on any atom is -0.506 e. The van der Waals surface area contributed by atoms with Crippen LogP contribution in [-0.4, -0.2) is 53.6 Å². The Morgan fingerprint density at radius 1 is 1.09 bits per heavy atom. The number of hydrazone groups is 1. The molecule has 3 aromatic carbocycles. The monoisotopic (exact) mass is 494 g/mol. The zero-order chi connectivity index (χ0) is 24.9. The van der Waals surface area contributed by atoms with Crippen molar-refractivity contribution in [2.24, 2.45) is 22.6 Å². The molecule has 1 saturated heterocycles. The molecule has 0 spiro atoms. The summed E-state index contributed by atoms with van der Waals surface area (Å²) in [5.41, 5.74) is 6.32. The van der Waals surface area contributed by atoms with Gasteiger partial charge in [0.2, 0.25) is 11.7 Å². The second-order valence-electron chi connectivity index (χ2n) is 8.50. The number of halogens is 1. The number of hydrogen-bond donors (Lipinski definition) is 3. The lowest BCUT2D eigenvalue weighted by atomic mass is 9.95. The van der Waals surface area contributed by atoms with Crippen LogP contribution < -0.4 is 16.3 Å². The number of likely N-dealkylation sites (tertiary alicyclic amines) is 1. The predicted octanol–water partition coefficient (Wildman–Crippen LogP) is 3.32. The van der Waals surface area contributed by atoms with Gasteiger partial charge in [-0.25, -0.2) is 0 Å². The second kappa shape index (κ2) is 10.8. The van der Waals surface area contributed by atoms with E-state index in [0.717, 1.165) is 43.2 Å². The number of rotatable bonds is 8. The first kappa shape index (κ1) is 24.5. The molecule has 1 amide bonds. The van der Waals surface area contributed by atoms with Crippen LogP contribution in [0.5, 0.6) is 11.5 Å². The molecule has 0 aliphatic carbocycles. The summed E-state index contributed by atoms with van der Waals surface area (Å²) in [5, 5.41) is 15.1. The Morgan fingerprint density at radius 2 is 1.80 bits per heavy atom. The topological polar surface area (TPSA) is 131 Å². The molecule has 0 unspecified atom stereocenters. The molecule has 0 bridgehead atoms. The quantitative estimate of drug-likeness (QED) is 0.190. The van der Waals surface area contributed by atoms with Gasteiger partial charge in [0.25, 0.3) is 0 Å². The molecular formula is C26H27ClN4O4. The molecular weight excluding hydrogens is 468 g/mol. The number of ketones is 1. The maximum Gasteiger partial charge on any atom is 0.220 e. The molecule has 1 heterocycles. The molecule has 0 aromatic heterocycles. The number of benzene rings is 3. The van der Waals surface area contributed by atoms with Crippen molar-refractivity contribution in [2.75, 3.05) is 26.2 Å². The van der Waals surface area contributed by atoms with E-state index >= 15 is 0 Å². The Hall–Kier alpha value is -3.62. The minimum absolute atomic E-state index is 0.0395. The lowest BCUT2D eigenvalue weighted by Crippen LogP contribution is -2.40. The Bertz CT molecular complexity index is 1290. The fourth-order valence-corrected chi connectivity index (χ4v) is 4.55. The summed E-state index contributed by atoms with van der Waals surface area (Å²) >= 11 is 5.98. The van der Waals surface area contributed by atoms with Crippen LogP contribution in [0.2, 0.25) is 5.02 Å². The Morgan fingerprint density at radius 3 is 2.46 bits per heavy atom. The van der Waals surface area contributed by atoms with Crippen molar-refractivity contribution in [1.29, 1.82) is 0 Å². The molecule has 35 heavy (non-hydrogen) atoms. The van der Waals surface area contributed by atoms with Gasteiger partial charge in [-0.2, -0.15) is 5.10 Å². The molecule has 1 aliphatic heterocycles. The standard InChI is InChI=1S/C26H27ClN4O4/c27-21-15-17(5-7-22(21)32)25(33)24(30-29)20-6-8-23(19-4-2-1-3-18(19)20)35-14-13-31-11-9-16(10-12-31)26(28)34/h1-8,15-16,32H,9-14,29H2,(H2,28,34)/b30-24+. The summed E-state index contributed by atoms with van der Waals surface area (Å²) in [7, 11) is 0. The zero-order valence-corrected chi connectivity index (χ0v) is 19.9. The molecule has 5 N–H and O–H groups in total. The number of carbonyl (C=O) groups excluding carboxylic acids is 2. The van der Waals surface area contributed by atoms with Crippen molar-refractivity contribution in [1.82, 2.24) is 4.90 Å². The van der Waals surface area contributed by atoms with Gasteiger partial charge in [-0.15, -0.1) is 0 Å². The number of aromatic hydroxyl groups is 1. The van der Waals surface area contributed by atoms with Crippen LogP contribution in [-0.2, 0) is 4.79 Å². The number of nitrogens with zero attached hydrogens (tertiary/aromatic N) is 2. The van der Waals surface area contributed by atoms with E-state index in [1.807, 2.05) is 24.3 Å². The van der Waals surface area contributed by atoms with E-state index in [2.05, 4.69) is 10.0 Å². The van der Waals surface area contributed by atoms with Gasteiger partial charge >= 0.3 is 0 Å². The molecule has 3 aromatic rings. The van der Waals surface area contributed by atoms with E-state index in [9.17, 15) is 14.7 Å². The highest BCUT2D eigenvalue weighted by molar-refractivity contribution is 6.53. The van der Waals surface area contributed by atoms with Crippen LogP contribution >= 0.6 is 11.6 Å². The smallest absolute Gasteiger partial charge is 0.220 e. The first-order valence-corrected chi connectivity index (χ1v) is 11.7. The third-order valence-corrected chi connectivity index (χ3v) is 6.65. The molecule has 1 aliphatic rings. The SMILES string of the molecule is N/N=C(/C(=O)c1ccc(O)c(Cl)c1)c1ccc(OCCN2CCC(C(N)=O)CC2)c2ccccc12. The van der Waals surface area contributed by atoms with Crippen LogP contribution in [0.25, 0.3) is 10.8 Å². The third-order valence-electron chi connectivity index (χ3n) is 6.35. The van der Waals surface area contributed by atoms with E-state index < -0.39 is 5.78 Å². The van der Waals surface area contributed by atoms with Gasteiger partial charge in [0, 0.05) is 29.0 Å². The normalized spacial score (nSPS) is 15.3. The molecule has 0 saturated carbocycles. The number of hydrogen-bond acceptors (Lipinski definition) is 7. The van der Waals surface area contributed by atoms with Crippen LogP contribution in [0.1, 0.15) is 28.8 Å². The average Bonchev–Trinajstić information content (AvgIpc) is 2.87. The van der Waals surface area contributed by atoms with Gasteiger partial charge in [-0.3, -0.25) is 14.5 Å². The van der Waals surface area contributed by atoms with Gasteiger partial charge in [-0.05, 0) is 61.6 Å². The Kier molecular flexibility index (Phi) is 7.53. The van der Waals surface area contributed by atoms with E-state index in [0.29, 0.717) is 17.9 Å². The number of amides is 1. The fourth-order valence-electron chi connectivity index (χ4n) is 4.36. The van der Waals surface area contributed by atoms with Crippen molar-refractivity contribution in [3.05, 3.63) is 70.7 Å². The molecule has 182 valence electrons. The number of fused-ring (bicyclic) bond motifs is 1. The predicted molar refractivity (Wildman–Crippen MR) is 136 cm³/mol. The summed E-state index contributed by atoms with van der Waals surface area (Å²) in [6.07, 6.45) is 1.54. The minimum atomic E-state index is -0.410. The number of nitrogens with two attached hydrogens (primary N) is 2. The molecule has 9 heteroatoms. The van der Waals surface area contributed by atoms with Crippen molar-refractivity contribution in [3.8, 4) is 11.5 Å². The largest absolute Gasteiger partial charge is 0.506 e. The molecule has 0 atom stereocenters. The number of phenolic OH excluding ortho intramolecular Hbond substituents is 1. The summed E-state index contributed by atoms with van der Waals surface area (Å²) in [6, 6.07) is 15.4. The summed E-state index contributed by atoms with van der Waals surface area (Å²) < 4.78 is 6.10. The van der Waals surface area contributed by atoms with E-state index in [-0.39, 0.29) is 33.9 Å². The fraction of sp³-hybridized carbons (Fsp3) is 0.269. The molecule has 1 fully saturated rings. The molecule has 8 nitrogen and oxygen atoms in total. The van der Waals surface area contributed by atoms with Gasteiger partial charge in [0.05, 0.1) is 5.02 Å². The van der Waals surface area contributed by atoms with E-state index in [4.69, 9.17) is 27.9 Å². The maximum atomic E-state index is 13.2. The summed E-state index contributed by atoms with van der Waals surface area (Å²) in [6.45, 7) is 2.84. The number of piperidine rings is 1. The van der Waals surface area contributed by atoms with Crippen molar-refractivity contribution in [2.45, 2.75) is 12.8 Å². The number of Topliss-reactive ketones (excluding diaryl/α,β-unsaturated/α-hetero) is 1. The van der Waals surface area contributed by atoms with Crippen LogP contribution in [0.15, 0.2) is 59.7 Å². The highest BCUT2D eigenvalue weighted by Crippen LogP contribution is 2.31. The third kappa shape index (κ3) is 5.39. The first-order valence-electron chi connectivity index (χ1n) is 11.4.